The van der Waals surface area contributed by atoms with Crippen molar-refractivity contribution in [3.63, 3.8) is 0 Å². The second kappa shape index (κ2) is 4.61. The molecule has 0 aliphatic rings. The van der Waals surface area contributed by atoms with Gasteiger partial charge in [0.15, 0.2) is 12.4 Å². The van der Waals surface area contributed by atoms with Crippen LogP contribution >= 0.6 is 0 Å². The first-order valence-corrected chi connectivity index (χ1v) is 3.16. The summed E-state index contributed by atoms with van der Waals surface area (Å²) in [6, 6.07) is 0. The predicted molar refractivity (Wildman–Crippen MR) is 36.1 cm³/mol. The van der Waals surface area contributed by atoms with Gasteiger partial charge in [-0.3, -0.25) is 0 Å². The number of aliphatic hydroxyl groups is 1. The van der Waals surface area contributed by atoms with E-state index in [1.54, 1.807) is 6.20 Å². The number of nitrogens with zero attached hydrogens (tertiary/aromatic N) is 2. The lowest BCUT2D eigenvalue weighted by Crippen LogP contribution is -3.00. The first-order valence-electron chi connectivity index (χ1n) is 3.16. The van der Waals surface area contributed by atoms with Crippen LogP contribution in [0.4, 0.5) is 0 Å². The van der Waals surface area contributed by atoms with Crippen LogP contribution in [0.2, 0.25) is 0 Å². The molecule has 1 heterocycles. The predicted octanol–water partition coefficient (Wildman–Crippen LogP) is -3.29. The van der Waals surface area contributed by atoms with Gasteiger partial charge >= 0.3 is 0 Å². The standard InChI is InChI=1S/C7H11N2O.HI/c1-6-3-9(2)4-7(5-10)8-6;/h3-4,10H,5H2,1-2H3;1H/q+1;/p-1. The molecule has 0 unspecified atom stereocenters. The van der Waals surface area contributed by atoms with Crippen molar-refractivity contribution >= 4 is 0 Å². The highest BCUT2D eigenvalue weighted by molar-refractivity contribution is 4.94. The van der Waals surface area contributed by atoms with Crippen molar-refractivity contribution in [3.8, 4) is 0 Å². The van der Waals surface area contributed by atoms with Crippen molar-refractivity contribution in [2.24, 2.45) is 7.05 Å². The van der Waals surface area contributed by atoms with Crippen LogP contribution in [0.25, 0.3) is 0 Å². The number of halogens is 1. The van der Waals surface area contributed by atoms with E-state index in [0.717, 1.165) is 5.69 Å². The van der Waals surface area contributed by atoms with E-state index in [-0.39, 0.29) is 30.6 Å². The molecule has 0 radical (unpaired) electrons. The molecule has 0 fully saturated rings. The molecule has 0 bridgehead atoms. The zero-order valence-corrected chi connectivity index (χ0v) is 8.74. The highest BCUT2D eigenvalue weighted by Gasteiger charge is 1.99. The van der Waals surface area contributed by atoms with Gasteiger partial charge < -0.3 is 29.1 Å². The molecule has 3 nitrogen and oxygen atoms in total. The summed E-state index contributed by atoms with van der Waals surface area (Å²) in [4.78, 5) is 4.08. The molecule has 62 valence electrons. The third kappa shape index (κ3) is 3.11. The molecule has 1 aromatic heterocycles. The van der Waals surface area contributed by atoms with Gasteiger partial charge in [0.05, 0.1) is 6.61 Å². The first-order chi connectivity index (χ1) is 4.72. The van der Waals surface area contributed by atoms with Crippen LogP contribution in [0.5, 0.6) is 0 Å². The van der Waals surface area contributed by atoms with Gasteiger partial charge in [0.1, 0.15) is 18.4 Å². The van der Waals surface area contributed by atoms with Gasteiger partial charge in [0.2, 0.25) is 0 Å². The minimum absolute atomic E-state index is 0. The van der Waals surface area contributed by atoms with Crippen LogP contribution in [0.1, 0.15) is 11.4 Å². The number of hydrogen-bond acceptors (Lipinski definition) is 2. The molecule has 11 heavy (non-hydrogen) atoms. The van der Waals surface area contributed by atoms with Crippen molar-refractivity contribution in [1.82, 2.24) is 4.98 Å². The smallest absolute Gasteiger partial charge is 0.192 e. The van der Waals surface area contributed by atoms with Gasteiger partial charge in [0.25, 0.3) is 0 Å². The molecule has 0 amide bonds. The number of aryl methyl sites for hydroxylation is 2. The molecule has 0 saturated heterocycles. The molecule has 1 rings (SSSR count). The lowest BCUT2D eigenvalue weighted by molar-refractivity contribution is -0.672. The van der Waals surface area contributed by atoms with Gasteiger partial charge in [-0.15, -0.1) is 0 Å². The van der Waals surface area contributed by atoms with Gasteiger partial charge in [-0.25, -0.2) is 9.55 Å². The number of aliphatic hydroxyl groups excluding tert-OH is 1. The lowest BCUT2D eigenvalue weighted by atomic mass is 10.4. The topological polar surface area (TPSA) is 37.0 Å². The summed E-state index contributed by atoms with van der Waals surface area (Å²) in [7, 11) is 1.91. The fourth-order valence-electron chi connectivity index (χ4n) is 0.927. The summed E-state index contributed by atoms with van der Waals surface area (Å²) >= 11 is 0. The third-order valence-corrected chi connectivity index (χ3v) is 1.23. The summed E-state index contributed by atoms with van der Waals surface area (Å²) in [6.45, 7) is 1.91. The molecule has 0 aromatic carbocycles. The Morgan fingerprint density at radius 2 is 2.18 bits per heavy atom. The SMILES string of the molecule is Cc1c[n+](C)cc(CO)n1.[I-]. The highest BCUT2D eigenvalue weighted by Crippen LogP contribution is 1.90. The highest BCUT2D eigenvalue weighted by atomic mass is 127. The van der Waals surface area contributed by atoms with Crippen molar-refractivity contribution < 1.29 is 33.7 Å². The number of aromatic nitrogens is 2. The van der Waals surface area contributed by atoms with Crippen molar-refractivity contribution in [2.75, 3.05) is 0 Å². The Labute approximate surface area is 83.1 Å². The molecule has 4 heteroatoms. The van der Waals surface area contributed by atoms with Gasteiger partial charge in [-0.05, 0) is 6.92 Å². The third-order valence-electron chi connectivity index (χ3n) is 1.23. The Hall–Kier alpha value is -0.230. The van der Waals surface area contributed by atoms with E-state index in [1.165, 1.54) is 0 Å². The minimum Gasteiger partial charge on any atom is -1.00 e. The normalized spacial score (nSPS) is 9.00. The first kappa shape index (κ1) is 10.8. The lowest BCUT2D eigenvalue weighted by Gasteiger charge is -1.93. The van der Waals surface area contributed by atoms with E-state index in [4.69, 9.17) is 5.11 Å². The molecule has 0 aliphatic carbocycles. The maximum Gasteiger partial charge on any atom is 0.192 e. The Morgan fingerprint density at radius 1 is 1.55 bits per heavy atom. The molecule has 0 atom stereocenters. The van der Waals surface area contributed by atoms with E-state index in [2.05, 4.69) is 4.98 Å². The van der Waals surface area contributed by atoms with Crippen LogP contribution in [-0.4, -0.2) is 10.1 Å². The number of rotatable bonds is 1. The Kier molecular flexibility index (Phi) is 4.51. The summed E-state index contributed by atoms with van der Waals surface area (Å²) in [5, 5.41) is 8.71. The molecular formula is C7H11IN2O. The second-order valence-electron chi connectivity index (χ2n) is 2.33. The fraction of sp³-hybridized carbons (Fsp3) is 0.429. The summed E-state index contributed by atoms with van der Waals surface area (Å²) < 4.78 is 1.88. The fourth-order valence-corrected chi connectivity index (χ4v) is 0.927. The quantitative estimate of drug-likeness (QED) is 0.427. The van der Waals surface area contributed by atoms with Gasteiger partial charge in [-0.2, -0.15) is 0 Å². The summed E-state index contributed by atoms with van der Waals surface area (Å²) in [5.41, 5.74) is 1.64. The maximum absolute atomic E-state index is 8.71. The molecular weight excluding hydrogens is 255 g/mol. The van der Waals surface area contributed by atoms with Crippen LogP contribution < -0.4 is 28.5 Å². The van der Waals surface area contributed by atoms with Crippen LogP contribution in [0.3, 0.4) is 0 Å². The zero-order valence-electron chi connectivity index (χ0n) is 6.58. The summed E-state index contributed by atoms with van der Waals surface area (Å²) in [5.74, 6) is 0. The van der Waals surface area contributed by atoms with E-state index in [0.29, 0.717) is 5.69 Å². The van der Waals surface area contributed by atoms with Gasteiger partial charge in [-0.1, -0.05) is 0 Å². The van der Waals surface area contributed by atoms with Crippen LogP contribution in [0.15, 0.2) is 12.4 Å². The molecule has 0 saturated carbocycles. The van der Waals surface area contributed by atoms with Crippen LogP contribution in [-0.2, 0) is 13.7 Å². The van der Waals surface area contributed by atoms with E-state index < -0.39 is 0 Å². The summed E-state index contributed by atoms with van der Waals surface area (Å²) in [6.07, 6.45) is 3.70. The minimum atomic E-state index is 0. The van der Waals surface area contributed by atoms with Crippen molar-refractivity contribution in [1.29, 1.82) is 0 Å². The average molecular weight is 266 g/mol. The second-order valence-corrected chi connectivity index (χ2v) is 2.33. The Morgan fingerprint density at radius 3 is 2.64 bits per heavy atom. The van der Waals surface area contributed by atoms with E-state index >= 15 is 0 Å². The zero-order chi connectivity index (χ0) is 7.56. The Bertz CT molecular complexity index is 220. The largest absolute Gasteiger partial charge is 1.00 e. The molecule has 1 aromatic rings. The van der Waals surface area contributed by atoms with Crippen molar-refractivity contribution in [2.45, 2.75) is 13.5 Å². The molecule has 0 spiro atoms. The molecule has 1 N–H and O–H groups in total. The Balaban J connectivity index is 0.000001000. The average Bonchev–Trinajstić information content (AvgIpc) is 1.85. The van der Waals surface area contributed by atoms with Gasteiger partial charge in [0, 0.05) is 0 Å². The van der Waals surface area contributed by atoms with Crippen molar-refractivity contribution in [3.05, 3.63) is 23.8 Å². The maximum atomic E-state index is 8.71. The molecule has 0 aliphatic heterocycles. The number of hydrogen-bond donors (Lipinski definition) is 1. The monoisotopic (exact) mass is 266 g/mol. The van der Waals surface area contributed by atoms with Crippen LogP contribution in [0, 0.1) is 6.92 Å². The van der Waals surface area contributed by atoms with E-state index in [9.17, 15) is 0 Å². The van der Waals surface area contributed by atoms with E-state index in [1.807, 2.05) is 24.7 Å².